The Bertz CT molecular complexity index is 701. The van der Waals surface area contributed by atoms with E-state index in [-0.39, 0.29) is 28.8 Å². The van der Waals surface area contributed by atoms with Gasteiger partial charge in [0.05, 0.1) is 17.6 Å². The Labute approximate surface area is 118 Å². The van der Waals surface area contributed by atoms with Crippen molar-refractivity contribution in [2.45, 2.75) is 0 Å². The van der Waals surface area contributed by atoms with Gasteiger partial charge in [0.15, 0.2) is 0 Å². The predicted octanol–water partition coefficient (Wildman–Crippen LogP) is 2.49. The molecule has 8 nitrogen and oxygen atoms in total. The molecule has 0 aliphatic rings. The molecule has 2 aromatic rings. The summed E-state index contributed by atoms with van der Waals surface area (Å²) >= 11 is 0. The van der Waals surface area contributed by atoms with Crippen molar-refractivity contribution in [2.24, 2.45) is 0 Å². The molecule has 1 N–H and O–H groups in total. The average Bonchev–Trinajstić information content (AvgIpc) is 2.47. The molecule has 0 saturated carbocycles. The van der Waals surface area contributed by atoms with Gasteiger partial charge in [0, 0.05) is 12.1 Å². The number of aromatic carboxylic acids is 1. The van der Waals surface area contributed by atoms with Gasteiger partial charge in [0.2, 0.25) is 5.88 Å². The zero-order valence-electron chi connectivity index (χ0n) is 10.8. The van der Waals surface area contributed by atoms with E-state index in [9.17, 15) is 14.9 Å². The lowest BCUT2D eigenvalue weighted by Gasteiger charge is -2.07. The van der Waals surface area contributed by atoms with Gasteiger partial charge in [-0.1, -0.05) is 6.07 Å². The van der Waals surface area contributed by atoms with Crippen LogP contribution < -0.4 is 9.47 Å². The number of nitro groups is 1. The van der Waals surface area contributed by atoms with E-state index in [4.69, 9.17) is 14.6 Å². The molecule has 108 valence electrons. The first-order chi connectivity index (χ1) is 10.0. The Morgan fingerprint density at radius 2 is 2.10 bits per heavy atom. The standard InChI is InChI=1S/C13H10N2O6/c1-20-11-6-5-10(15(18)19)12(14-11)21-9-4-2-3-8(7-9)13(16)17/h2-7H,1H3,(H,16,17). The summed E-state index contributed by atoms with van der Waals surface area (Å²) in [5, 5.41) is 19.8. The monoisotopic (exact) mass is 290 g/mol. The van der Waals surface area contributed by atoms with Crippen molar-refractivity contribution in [2.75, 3.05) is 7.11 Å². The third-order valence-corrected chi connectivity index (χ3v) is 2.52. The minimum absolute atomic E-state index is 0.00181. The normalized spacial score (nSPS) is 9.95. The molecule has 0 bridgehead atoms. The lowest BCUT2D eigenvalue weighted by molar-refractivity contribution is -0.386. The molecule has 0 aliphatic heterocycles. The predicted molar refractivity (Wildman–Crippen MR) is 70.9 cm³/mol. The maximum absolute atomic E-state index is 10.9. The first-order valence-electron chi connectivity index (χ1n) is 5.72. The van der Waals surface area contributed by atoms with Gasteiger partial charge in [0.25, 0.3) is 0 Å². The largest absolute Gasteiger partial charge is 0.481 e. The van der Waals surface area contributed by atoms with Gasteiger partial charge in [-0.25, -0.2) is 4.79 Å². The van der Waals surface area contributed by atoms with E-state index in [1.54, 1.807) is 0 Å². The highest BCUT2D eigenvalue weighted by Crippen LogP contribution is 2.31. The SMILES string of the molecule is COc1ccc([N+](=O)[O-])c(Oc2cccc(C(=O)O)c2)n1. The Hall–Kier alpha value is -3.16. The van der Waals surface area contributed by atoms with Crippen molar-refractivity contribution in [3.63, 3.8) is 0 Å². The molecule has 0 saturated heterocycles. The van der Waals surface area contributed by atoms with E-state index in [2.05, 4.69) is 4.98 Å². The van der Waals surface area contributed by atoms with Crippen molar-refractivity contribution in [1.29, 1.82) is 0 Å². The molecule has 1 heterocycles. The molecule has 0 unspecified atom stereocenters. The number of hydrogen-bond acceptors (Lipinski definition) is 6. The number of carboxylic acid groups (broad SMARTS) is 1. The Balaban J connectivity index is 2.40. The van der Waals surface area contributed by atoms with Gasteiger partial charge in [-0.15, -0.1) is 0 Å². The maximum atomic E-state index is 10.9. The van der Waals surface area contributed by atoms with Gasteiger partial charge in [0.1, 0.15) is 5.75 Å². The second-order valence-electron chi connectivity index (χ2n) is 3.87. The van der Waals surface area contributed by atoms with E-state index in [1.807, 2.05) is 0 Å². The number of carbonyl (C=O) groups is 1. The number of carboxylic acids is 1. The first kappa shape index (κ1) is 14.3. The van der Waals surface area contributed by atoms with Crippen LogP contribution in [0.2, 0.25) is 0 Å². The van der Waals surface area contributed by atoms with Crippen LogP contribution in [0.3, 0.4) is 0 Å². The molecule has 21 heavy (non-hydrogen) atoms. The van der Waals surface area contributed by atoms with Crippen molar-refractivity contribution in [3.05, 3.63) is 52.1 Å². The summed E-state index contributed by atoms with van der Waals surface area (Å²) in [6.07, 6.45) is 0. The highest BCUT2D eigenvalue weighted by atomic mass is 16.6. The number of nitrogens with zero attached hydrogens (tertiary/aromatic N) is 2. The molecule has 0 spiro atoms. The Morgan fingerprint density at radius 3 is 2.71 bits per heavy atom. The minimum atomic E-state index is -1.13. The lowest BCUT2D eigenvalue weighted by atomic mass is 10.2. The zero-order valence-corrected chi connectivity index (χ0v) is 10.8. The topological polar surface area (TPSA) is 112 Å². The maximum Gasteiger partial charge on any atom is 0.335 e. The van der Waals surface area contributed by atoms with E-state index in [1.165, 1.54) is 43.5 Å². The number of ether oxygens (including phenoxy) is 2. The zero-order chi connectivity index (χ0) is 15.4. The highest BCUT2D eigenvalue weighted by molar-refractivity contribution is 5.88. The van der Waals surface area contributed by atoms with Crippen LogP contribution in [0.15, 0.2) is 36.4 Å². The molecular formula is C13H10N2O6. The van der Waals surface area contributed by atoms with Crippen molar-refractivity contribution in [3.8, 4) is 17.5 Å². The van der Waals surface area contributed by atoms with Crippen molar-refractivity contribution in [1.82, 2.24) is 4.98 Å². The number of rotatable bonds is 5. The summed E-state index contributed by atoms with van der Waals surface area (Å²) in [4.78, 5) is 25.0. The second-order valence-corrected chi connectivity index (χ2v) is 3.87. The smallest absolute Gasteiger partial charge is 0.335 e. The first-order valence-corrected chi connectivity index (χ1v) is 5.72. The molecule has 0 radical (unpaired) electrons. The molecule has 1 aromatic heterocycles. The third kappa shape index (κ3) is 3.24. The summed E-state index contributed by atoms with van der Waals surface area (Å²) < 4.78 is 10.2. The van der Waals surface area contributed by atoms with E-state index >= 15 is 0 Å². The van der Waals surface area contributed by atoms with Crippen LogP contribution in [-0.4, -0.2) is 28.1 Å². The van der Waals surface area contributed by atoms with Crippen LogP contribution in [0.5, 0.6) is 17.5 Å². The number of methoxy groups -OCH3 is 1. The number of benzene rings is 1. The fourth-order valence-corrected chi connectivity index (χ4v) is 1.55. The molecule has 2 rings (SSSR count). The van der Waals surface area contributed by atoms with E-state index in [0.717, 1.165) is 0 Å². The van der Waals surface area contributed by atoms with Gasteiger partial charge in [-0.2, -0.15) is 4.98 Å². The highest BCUT2D eigenvalue weighted by Gasteiger charge is 2.19. The molecule has 0 fully saturated rings. The van der Waals surface area contributed by atoms with Crippen molar-refractivity contribution < 1.29 is 24.3 Å². The summed E-state index contributed by atoms with van der Waals surface area (Å²) in [7, 11) is 1.36. The summed E-state index contributed by atoms with van der Waals surface area (Å²) in [5.74, 6) is -1.14. The molecule has 0 amide bonds. The number of pyridine rings is 1. The van der Waals surface area contributed by atoms with Crippen LogP contribution in [-0.2, 0) is 0 Å². The van der Waals surface area contributed by atoms with Gasteiger partial charge < -0.3 is 14.6 Å². The van der Waals surface area contributed by atoms with Gasteiger partial charge in [-0.05, 0) is 18.2 Å². The summed E-state index contributed by atoms with van der Waals surface area (Å²) in [6.45, 7) is 0. The van der Waals surface area contributed by atoms with E-state index < -0.39 is 10.9 Å². The second kappa shape index (κ2) is 5.87. The fraction of sp³-hybridized carbons (Fsp3) is 0.0769. The molecule has 0 atom stereocenters. The fourth-order valence-electron chi connectivity index (χ4n) is 1.55. The summed E-state index contributed by atoms with van der Waals surface area (Å²) in [6, 6.07) is 8.08. The molecular weight excluding hydrogens is 280 g/mol. The molecule has 0 aliphatic carbocycles. The number of aromatic nitrogens is 1. The summed E-state index contributed by atoms with van der Waals surface area (Å²) in [5.41, 5.74) is -0.352. The quantitative estimate of drug-likeness (QED) is 0.664. The average molecular weight is 290 g/mol. The Morgan fingerprint density at radius 1 is 1.33 bits per heavy atom. The minimum Gasteiger partial charge on any atom is -0.481 e. The van der Waals surface area contributed by atoms with Crippen LogP contribution in [0.4, 0.5) is 5.69 Å². The molecule has 8 heteroatoms. The van der Waals surface area contributed by atoms with Crippen LogP contribution in [0.25, 0.3) is 0 Å². The van der Waals surface area contributed by atoms with Gasteiger partial charge in [-0.3, -0.25) is 10.1 Å². The van der Waals surface area contributed by atoms with Crippen LogP contribution in [0.1, 0.15) is 10.4 Å². The van der Waals surface area contributed by atoms with Crippen molar-refractivity contribution >= 4 is 11.7 Å². The van der Waals surface area contributed by atoms with Crippen LogP contribution in [0, 0.1) is 10.1 Å². The number of hydrogen-bond donors (Lipinski definition) is 1. The van der Waals surface area contributed by atoms with Crippen LogP contribution >= 0.6 is 0 Å². The Kier molecular flexibility index (Phi) is 3.98. The third-order valence-electron chi connectivity index (χ3n) is 2.52. The van der Waals surface area contributed by atoms with Gasteiger partial charge >= 0.3 is 17.5 Å². The molecule has 1 aromatic carbocycles. The lowest BCUT2D eigenvalue weighted by Crippen LogP contribution is -1.99. The van der Waals surface area contributed by atoms with E-state index in [0.29, 0.717) is 0 Å².